The second kappa shape index (κ2) is 49.0. The highest BCUT2D eigenvalue weighted by Crippen LogP contribution is 2.53. The molecular weight excluding hydrogens is 1860 g/mol. The molecule has 0 rings (SSSR count). The molecule has 0 aromatic rings. The van der Waals surface area contributed by atoms with Crippen LogP contribution in [0.2, 0.25) is 0 Å². The maximum Gasteiger partial charge on any atom is 0.476 e. The Balaban J connectivity index is -0.000000114. The largest absolute Gasteiger partial charge is 0.476 e. The summed E-state index contributed by atoms with van der Waals surface area (Å²) < 4.78 is 742. The zero-order chi connectivity index (χ0) is 90.3. The van der Waals surface area contributed by atoms with Crippen molar-refractivity contribution in [3.8, 4) is 0 Å². The molecule has 0 aromatic carbocycles. The highest BCUT2D eigenvalue weighted by molar-refractivity contribution is 7.82. The molecule has 0 radical (unpaired) electrons. The third kappa shape index (κ3) is 82.8. The van der Waals surface area contributed by atoms with Gasteiger partial charge in [-0.05, 0) is 0 Å². The molecule has 0 aliphatic carbocycles. The van der Waals surface area contributed by atoms with Crippen molar-refractivity contribution in [1.29, 1.82) is 0 Å². The fourth-order valence-corrected chi connectivity index (χ4v) is 2.30. The molecule has 0 aromatic heterocycles. The Bertz CT molecular complexity index is 2970. The van der Waals surface area contributed by atoms with Gasteiger partial charge in [-0.25, -0.2) is 58.8 Å². The van der Waals surface area contributed by atoms with Gasteiger partial charge in [-0.3, -0.25) is 4.74 Å². The average Bonchev–Trinajstić information content (AvgIpc) is 0.735. The van der Waals surface area contributed by atoms with Crippen LogP contribution in [-0.2, 0) is 102 Å². The van der Waals surface area contributed by atoms with Crippen LogP contribution in [0.1, 0.15) is 0 Å². The Morgan fingerprint density at radius 2 is 0.402 bits per heavy atom. The first kappa shape index (κ1) is 125. The van der Waals surface area contributed by atoms with E-state index in [4.69, 9.17) is 50.5 Å². The molecule has 20 nitrogen and oxygen atoms in total. The van der Waals surface area contributed by atoms with Gasteiger partial charge >= 0.3 is 173 Å². The maximum absolute atomic E-state index is 14.0. The van der Waals surface area contributed by atoms with Gasteiger partial charge in [0.1, 0.15) is 0 Å². The van der Waals surface area contributed by atoms with Crippen LogP contribution in [0, 0.1) is 0 Å². The number of halogens is 54. The minimum absolute atomic E-state index is 1.58. The molecule has 0 aliphatic rings. The van der Waals surface area contributed by atoms with Crippen molar-refractivity contribution in [2.45, 2.75) is 79.0 Å². The summed E-state index contributed by atoms with van der Waals surface area (Å²) in [5.74, 6) is -17.1. The van der Waals surface area contributed by atoms with E-state index in [9.17, 15) is 231 Å². The molecule has 107 heavy (non-hydrogen) atoms. The van der Waals surface area contributed by atoms with Gasteiger partial charge in [-0.15, -0.1) is 0 Å². The molecule has 1 unspecified atom stereocenters. The van der Waals surface area contributed by atoms with E-state index >= 15 is 0 Å². The fourth-order valence-electron chi connectivity index (χ4n) is 2.30. The van der Waals surface area contributed by atoms with Gasteiger partial charge in [-0.2, -0.15) is 200 Å². The first-order chi connectivity index (χ1) is 45.8. The van der Waals surface area contributed by atoms with Crippen LogP contribution in [0.3, 0.4) is 0 Å². The average molecular weight is 1880 g/mol. The van der Waals surface area contributed by atoms with Gasteiger partial charge in [0.15, 0.2) is 40.0 Å². The predicted molar refractivity (Wildman–Crippen MR) is 218 cm³/mol. The summed E-state index contributed by atoms with van der Waals surface area (Å²) in [5, 5.41) is 0. The molecule has 0 saturated heterocycles. The molecule has 0 N–H and O–H groups in total. The van der Waals surface area contributed by atoms with Gasteiger partial charge in [-0.1, -0.05) is 46.6 Å². The summed E-state index contributed by atoms with van der Waals surface area (Å²) >= 11 is 0. The fraction of sp³-hybridized carbons (Fsp3) is 0.778. The van der Waals surface area contributed by atoms with Crippen LogP contribution >= 0.6 is 0 Å². The lowest BCUT2D eigenvalue weighted by Crippen LogP contribution is -2.66. The smallest absolute Gasteiger partial charge is 0.435 e. The number of ether oxygens (including phenoxy) is 8. The third-order valence-corrected chi connectivity index (χ3v) is 5.20. The van der Waals surface area contributed by atoms with E-state index in [1.54, 1.807) is 4.74 Å². The van der Waals surface area contributed by atoms with E-state index in [-0.39, 0.29) is 0 Å². The minimum Gasteiger partial charge on any atom is -0.435 e. The van der Waals surface area contributed by atoms with E-state index < -0.39 is 232 Å². The molecule has 1 atom stereocenters. The number of rotatable bonds is 27. The van der Waals surface area contributed by atoms with Crippen LogP contribution in [0.4, 0.5) is 231 Å². The lowest BCUT2D eigenvalue weighted by Gasteiger charge is -2.39. The molecule has 0 aliphatic heterocycles. The Labute approximate surface area is 551 Å². The van der Waals surface area contributed by atoms with E-state index in [0.717, 1.165) is 0 Å². The summed E-state index contributed by atoms with van der Waals surface area (Å²) in [6.07, 6.45) is -77.2. The standard InChI is InChI=1S/C10H4F16O3.C6H4F10O2.C5H4F8O.2C3H2F4O.6F2O2S/c11-1-5(16,17)27-8(22,9(23,24)28-6(18,19)2-12)10(25,26)29-7(20,21)3(13)4(14)15;7-1-3(9,10)17-5(13,14)6(15,16)18-4(11,12)2-8;6-1-3(8,9)5(12,13)14-4(10,11)2-7;2*4-1-8-3(7)2(5)6;6*1-5(2,3)4/h1-2H2;1-2H2;1-2H2;2*1H2;;;;;;. The Hall–Kier alpha value is -5.50. The van der Waals surface area contributed by atoms with Crippen LogP contribution in [0.5, 0.6) is 0 Å². The molecule has 0 fully saturated rings. The van der Waals surface area contributed by atoms with Crippen molar-refractivity contribution >= 4 is 63.7 Å². The molecule has 80 heteroatoms. The monoisotopic (exact) mass is 1880 g/mol. The van der Waals surface area contributed by atoms with Gasteiger partial charge in [0.05, 0.1) is 0 Å². The second-order valence-electron chi connectivity index (χ2n) is 13.4. The third-order valence-electron chi connectivity index (χ3n) is 5.20. The molecule has 0 amide bonds. The summed E-state index contributed by atoms with van der Waals surface area (Å²) in [7, 11) is -34.0. The van der Waals surface area contributed by atoms with E-state index in [2.05, 4.69) is 23.7 Å². The van der Waals surface area contributed by atoms with Gasteiger partial charge in [0, 0.05) is 0 Å². The van der Waals surface area contributed by atoms with Crippen LogP contribution in [-0.4, -0.2) is 183 Å². The number of alkyl halides is 33. The summed E-state index contributed by atoms with van der Waals surface area (Å²) in [6, 6.07) is -4.32. The first-order valence-corrected chi connectivity index (χ1v) is 27.7. The highest BCUT2D eigenvalue weighted by Gasteiger charge is 2.81. The predicted octanol–water partition coefficient (Wildman–Crippen LogP) is 16.7. The van der Waals surface area contributed by atoms with Gasteiger partial charge in [0.2, 0.25) is 13.7 Å². The first-order valence-electron chi connectivity index (χ1n) is 20.0. The molecule has 0 spiro atoms. The van der Waals surface area contributed by atoms with Crippen molar-refractivity contribution in [2.24, 2.45) is 0 Å². The SMILES string of the molecule is FCC(F)(F)OC(F)(F)C(F)(F)CF.FCC(F)(F)OC(F)(F)C(F)(F)OC(F)(F)CF.FCC(F)(F)OC(F)(F)C(F)(OC(F)(F)CF)C(F)(F)OC(F)(F)C(F)=C(F)F.FCOC(F)=C(F)F.FCOC(F)=C(F)F.O=S(=O)(F)F.O=S(=O)(F)F.O=S(=O)(F)F.O=S(=O)(F)F.O=S(=O)(F)F.O=S(=O)(F)F. The minimum atomic E-state index is -7.46. The van der Waals surface area contributed by atoms with Crippen molar-refractivity contribution < 1.29 is 319 Å². The van der Waals surface area contributed by atoms with Gasteiger partial charge < -0.3 is 9.47 Å². The van der Waals surface area contributed by atoms with Crippen LogP contribution in [0.25, 0.3) is 0 Å². The topological polar surface area (TPSA) is 279 Å². The van der Waals surface area contributed by atoms with Crippen LogP contribution in [0.15, 0.2) is 36.1 Å². The van der Waals surface area contributed by atoms with E-state index in [1.165, 1.54) is 0 Å². The zero-order valence-corrected chi connectivity index (χ0v) is 51.1. The lowest BCUT2D eigenvalue weighted by molar-refractivity contribution is -0.554. The highest BCUT2D eigenvalue weighted by atomic mass is 32.3. The normalized spacial score (nSPS) is 13.4. The van der Waals surface area contributed by atoms with E-state index in [1.807, 2.05) is 9.47 Å². The molecule has 658 valence electrons. The van der Waals surface area contributed by atoms with Crippen molar-refractivity contribution in [3.05, 3.63) is 36.1 Å². The van der Waals surface area contributed by atoms with Gasteiger partial charge in [0.25, 0.3) is 5.83 Å². The van der Waals surface area contributed by atoms with Crippen molar-refractivity contribution in [2.75, 3.05) is 53.8 Å². The van der Waals surface area contributed by atoms with E-state index in [0.29, 0.717) is 0 Å². The summed E-state index contributed by atoms with van der Waals surface area (Å²) in [4.78, 5) is 0. The van der Waals surface area contributed by atoms with Crippen LogP contribution < -0.4 is 0 Å². The Morgan fingerprint density at radius 3 is 0.551 bits per heavy atom. The summed E-state index contributed by atoms with van der Waals surface area (Å²) in [5.41, 5.74) is 0. The second-order valence-corrected chi connectivity index (χ2v) is 18.0. The number of hydrogen-bond acceptors (Lipinski definition) is 20. The van der Waals surface area contributed by atoms with Crippen molar-refractivity contribution in [1.82, 2.24) is 0 Å². The zero-order valence-electron chi connectivity index (χ0n) is 46.2. The molecule has 0 bridgehead atoms. The van der Waals surface area contributed by atoms with Crippen molar-refractivity contribution in [3.63, 3.8) is 0 Å². The maximum atomic E-state index is 14.0. The number of hydrogen-bond donors (Lipinski definition) is 0. The quantitative estimate of drug-likeness (QED) is 0.0420. The Kier molecular flexibility index (Phi) is 57.3. The lowest BCUT2D eigenvalue weighted by atomic mass is 10.2. The Morgan fingerprint density at radius 1 is 0.234 bits per heavy atom. The summed E-state index contributed by atoms with van der Waals surface area (Å²) in [6.45, 7) is -21.5. The molecular formula is C27H16F54O20S6. The molecule has 0 heterocycles. The molecule has 0 saturated carbocycles.